The first-order valence-corrected chi connectivity index (χ1v) is 9.64. The van der Waals surface area contributed by atoms with Crippen LogP contribution < -0.4 is 10.8 Å². The Labute approximate surface area is 176 Å². The van der Waals surface area contributed by atoms with Gasteiger partial charge in [-0.3, -0.25) is 10.0 Å². The number of urea groups is 1. The lowest BCUT2D eigenvalue weighted by molar-refractivity contribution is -0.137. The zero-order valence-electron chi connectivity index (χ0n) is 16.5. The van der Waals surface area contributed by atoms with Crippen molar-refractivity contribution in [2.24, 2.45) is 0 Å². The van der Waals surface area contributed by atoms with Crippen LogP contribution in [-0.2, 0) is 17.3 Å². The Morgan fingerprint density at radius 3 is 2.39 bits per heavy atom. The number of halogens is 3. The minimum Gasteiger partial charge on any atom is -0.376 e. The second kappa shape index (κ2) is 9.80. The quantitative estimate of drug-likeness (QED) is 0.503. The van der Waals surface area contributed by atoms with Crippen LogP contribution in [0.1, 0.15) is 27.9 Å². The van der Waals surface area contributed by atoms with Crippen molar-refractivity contribution in [1.29, 1.82) is 0 Å². The molecule has 0 spiro atoms. The normalized spacial score (nSPS) is 17.0. The standard InChI is InChI=1S/C21H22F3N3O4/c22-21(23,24)16-6-8-17(9-7-16)25-20(29)27-10-1-11-31-18(13-27)12-14-2-4-15(5-3-14)19(28)26-30/h2-9,18,30H,1,10-13H2,(H,25,29)(H,26,28). The smallest absolute Gasteiger partial charge is 0.376 e. The van der Waals surface area contributed by atoms with E-state index in [9.17, 15) is 22.8 Å². The number of ether oxygens (including phenoxy) is 1. The molecule has 166 valence electrons. The van der Waals surface area contributed by atoms with Crippen molar-refractivity contribution in [1.82, 2.24) is 10.4 Å². The predicted octanol–water partition coefficient (Wildman–Crippen LogP) is 3.69. The molecular weight excluding hydrogens is 415 g/mol. The van der Waals surface area contributed by atoms with E-state index in [1.165, 1.54) is 12.1 Å². The lowest BCUT2D eigenvalue weighted by Crippen LogP contribution is -2.40. The molecule has 0 aliphatic carbocycles. The zero-order valence-corrected chi connectivity index (χ0v) is 16.5. The van der Waals surface area contributed by atoms with Crippen LogP contribution in [0.15, 0.2) is 48.5 Å². The first kappa shape index (κ1) is 22.6. The van der Waals surface area contributed by atoms with Gasteiger partial charge < -0.3 is 15.0 Å². The number of benzene rings is 2. The van der Waals surface area contributed by atoms with Gasteiger partial charge in [0.25, 0.3) is 5.91 Å². The number of hydrogen-bond donors (Lipinski definition) is 3. The van der Waals surface area contributed by atoms with E-state index < -0.39 is 23.7 Å². The Bertz CT molecular complexity index is 902. The van der Waals surface area contributed by atoms with Gasteiger partial charge in [-0.05, 0) is 48.4 Å². The molecular formula is C21H22F3N3O4. The number of nitrogens with one attached hydrogen (secondary N) is 2. The highest BCUT2D eigenvalue weighted by molar-refractivity contribution is 5.93. The molecule has 3 rings (SSSR count). The Hall–Kier alpha value is -3.11. The first-order chi connectivity index (χ1) is 14.8. The molecule has 31 heavy (non-hydrogen) atoms. The summed E-state index contributed by atoms with van der Waals surface area (Å²) >= 11 is 0. The molecule has 1 saturated heterocycles. The Morgan fingerprint density at radius 2 is 1.77 bits per heavy atom. The van der Waals surface area contributed by atoms with Gasteiger partial charge in [-0.1, -0.05) is 12.1 Å². The summed E-state index contributed by atoms with van der Waals surface area (Å²) in [4.78, 5) is 25.6. The van der Waals surface area contributed by atoms with Crippen molar-refractivity contribution in [2.75, 3.05) is 25.0 Å². The zero-order chi connectivity index (χ0) is 22.4. The molecule has 0 bridgehead atoms. The van der Waals surface area contributed by atoms with Gasteiger partial charge >= 0.3 is 12.2 Å². The number of amides is 3. The van der Waals surface area contributed by atoms with Crippen LogP contribution >= 0.6 is 0 Å². The van der Waals surface area contributed by atoms with E-state index in [2.05, 4.69) is 5.32 Å². The molecule has 10 heteroatoms. The van der Waals surface area contributed by atoms with Crippen LogP contribution in [0.5, 0.6) is 0 Å². The maximum atomic E-state index is 12.7. The summed E-state index contributed by atoms with van der Waals surface area (Å²) in [5, 5.41) is 11.3. The van der Waals surface area contributed by atoms with Gasteiger partial charge in [0.15, 0.2) is 0 Å². The number of carbonyl (C=O) groups excluding carboxylic acids is 2. The van der Waals surface area contributed by atoms with E-state index >= 15 is 0 Å². The number of rotatable bonds is 4. The molecule has 2 aromatic rings. The molecule has 0 radical (unpaired) electrons. The van der Waals surface area contributed by atoms with E-state index in [0.29, 0.717) is 38.1 Å². The van der Waals surface area contributed by atoms with Crippen molar-refractivity contribution >= 4 is 17.6 Å². The topological polar surface area (TPSA) is 90.9 Å². The van der Waals surface area contributed by atoms with Gasteiger partial charge in [0.2, 0.25) is 0 Å². The maximum absolute atomic E-state index is 12.7. The molecule has 0 aromatic heterocycles. The fourth-order valence-electron chi connectivity index (χ4n) is 3.27. The predicted molar refractivity (Wildman–Crippen MR) is 106 cm³/mol. The third-order valence-electron chi connectivity index (χ3n) is 4.88. The summed E-state index contributed by atoms with van der Waals surface area (Å²) in [6, 6.07) is 10.5. The third kappa shape index (κ3) is 6.19. The highest BCUT2D eigenvalue weighted by Crippen LogP contribution is 2.29. The molecule has 3 amide bonds. The third-order valence-corrected chi connectivity index (χ3v) is 4.88. The molecule has 1 fully saturated rings. The van der Waals surface area contributed by atoms with Crippen LogP contribution in [0.2, 0.25) is 0 Å². The second-order valence-electron chi connectivity index (χ2n) is 7.14. The van der Waals surface area contributed by atoms with Crippen molar-refractivity contribution in [3.8, 4) is 0 Å². The number of nitrogens with zero attached hydrogens (tertiary/aromatic N) is 1. The van der Waals surface area contributed by atoms with Crippen LogP contribution in [0, 0.1) is 0 Å². The van der Waals surface area contributed by atoms with E-state index in [4.69, 9.17) is 9.94 Å². The number of hydrogen-bond acceptors (Lipinski definition) is 4. The SMILES string of the molecule is O=C(NO)c1ccc(CC2CN(C(=O)Nc3ccc(C(F)(F)F)cc3)CCCO2)cc1. The van der Waals surface area contributed by atoms with E-state index in [1.807, 2.05) is 0 Å². The average molecular weight is 437 g/mol. The fourth-order valence-corrected chi connectivity index (χ4v) is 3.27. The van der Waals surface area contributed by atoms with Gasteiger partial charge in [0.1, 0.15) is 0 Å². The molecule has 1 aliphatic heterocycles. The van der Waals surface area contributed by atoms with E-state index in [1.54, 1.807) is 34.6 Å². The number of alkyl halides is 3. The highest BCUT2D eigenvalue weighted by atomic mass is 19.4. The molecule has 1 atom stereocenters. The van der Waals surface area contributed by atoms with Crippen LogP contribution in [0.3, 0.4) is 0 Å². The monoisotopic (exact) mass is 437 g/mol. The van der Waals surface area contributed by atoms with Crippen LogP contribution in [0.4, 0.5) is 23.7 Å². The van der Waals surface area contributed by atoms with Crippen LogP contribution in [-0.4, -0.2) is 47.8 Å². The summed E-state index contributed by atoms with van der Waals surface area (Å²) in [6.45, 7) is 1.24. The van der Waals surface area contributed by atoms with E-state index in [-0.39, 0.29) is 11.8 Å². The summed E-state index contributed by atoms with van der Waals surface area (Å²) in [7, 11) is 0. The fraction of sp³-hybridized carbons (Fsp3) is 0.333. The summed E-state index contributed by atoms with van der Waals surface area (Å²) in [5.41, 5.74) is 2.27. The molecule has 2 aromatic carbocycles. The van der Waals surface area contributed by atoms with Gasteiger partial charge in [0.05, 0.1) is 11.7 Å². The largest absolute Gasteiger partial charge is 0.416 e. The number of anilines is 1. The maximum Gasteiger partial charge on any atom is 0.416 e. The lowest BCUT2D eigenvalue weighted by atomic mass is 10.1. The van der Waals surface area contributed by atoms with Gasteiger partial charge in [-0.15, -0.1) is 0 Å². The summed E-state index contributed by atoms with van der Waals surface area (Å²) < 4.78 is 43.9. The van der Waals surface area contributed by atoms with Crippen molar-refractivity contribution in [2.45, 2.75) is 25.1 Å². The second-order valence-corrected chi connectivity index (χ2v) is 7.14. The summed E-state index contributed by atoms with van der Waals surface area (Å²) in [6.07, 6.45) is -3.58. The minimum absolute atomic E-state index is 0.275. The molecule has 1 aliphatic rings. The summed E-state index contributed by atoms with van der Waals surface area (Å²) in [5.74, 6) is -0.608. The molecule has 3 N–H and O–H groups in total. The molecule has 0 saturated carbocycles. The van der Waals surface area contributed by atoms with Gasteiger partial charge in [-0.2, -0.15) is 13.2 Å². The molecule has 1 heterocycles. The Morgan fingerprint density at radius 1 is 1.10 bits per heavy atom. The Balaban J connectivity index is 1.60. The van der Waals surface area contributed by atoms with Crippen molar-refractivity contribution in [3.63, 3.8) is 0 Å². The first-order valence-electron chi connectivity index (χ1n) is 9.64. The number of hydroxylamine groups is 1. The molecule has 1 unspecified atom stereocenters. The van der Waals surface area contributed by atoms with Crippen LogP contribution in [0.25, 0.3) is 0 Å². The van der Waals surface area contributed by atoms with Gasteiger partial charge in [-0.25, -0.2) is 10.3 Å². The minimum atomic E-state index is -4.43. The lowest BCUT2D eigenvalue weighted by Gasteiger charge is -2.24. The van der Waals surface area contributed by atoms with Gasteiger partial charge in [0, 0.05) is 37.4 Å². The van der Waals surface area contributed by atoms with Crippen molar-refractivity contribution < 1.29 is 32.7 Å². The van der Waals surface area contributed by atoms with Crippen molar-refractivity contribution in [3.05, 3.63) is 65.2 Å². The average Bonchev–Trinajstić information content (AvgIpc) is 2.99. The Kier molecular flexibility index (Phi) is 7.13. The van der Waals surface area contributed by atoms with E-state index in [0.717, 1.165) is 17.7 Å². The number of carbonyl (C=O) groups is 2. The molecule has 7 nitrogen and oxygen atoms in total. The highest BCUT2D eigenvalue weighted by Gasteiger charge is 2.30.